The Morgan fingerprint density at radius 3 is 2.72 bits per heavy atom. The summed E-state index contributed by atoms with van der Waals surface area (Å²) in [6.45, 7) is 1.98. The van der Waals surface area contributed by atoms with Gasteiger partial charge in [-0.3, -0.25) is 4.79 Å². The van der Waals surface area contributed by atoms with E-state index in [2.05, 4.69) is 20.7 Å². The number of rotatable bonds is 8. The van der Waals surface area contributed by atoms with Crippen LogP contribution in [0.15, 0.2) is 53.6 Å². The summed E-state index contributed by atoms with van der Waals surface area (Å²) in [5, 5.41) is 12.3. The van der Waals surface area contributed by atoms with Gasteiger partial charge >= 0.3 is 0 Å². The Hall–Kier alpha value is -3.46. The van der Waals surface area contributed by atoms with E-state index in [1.54, 1.807) is 13.2 Å². The Morgan fingerprint density at radius 1 is 1.24 bits per heavy atom. The first-order valence-corrected chi connectivity index (χ1v) is 9.66. The molecule has 0 spiro atoms. The molecule has 0 saturated heterocycles. The van der Waals surface area contributed by atoms with Crippen molar-refractivity contribution in [1.82, 2.24) is 15.6 Å². The van der Waals surface area contributed by atoms with Gasteiger partial charge in [-0.05, 0) is 36.2 Å². The molecule has 3 N–H and O–H groups in total. The second kappa shape index (κ2) is 9.65. The number of amides is 1. The van der Waals surface area contributed by atoms with Gasteiger partial charge in [-0.15, -0.1) is 10.2 Å². The zero-order chi connectivity index (χ0) is 20.6. The number of aromatic nitrogens is 2. The molecule has 0 unspecified atom stereocenters. The van der Waals surface area contributed by atoms with Crippen molar-refractivity contribution in [3.05, 3.63) is 64.7 Å². The van der Waals surface area contributed by atoms with E-state index < -0.39 is 0 Å². The van der Waals surface area contributed by atoms with Crippen molar-refractivity contribution in [1.29, 1.82) is 0 Å². The fourth-order valence-corrected chi connectivity index (χ4v) is 3.15. The number of nitrogen functional groups attached to an aromatic ring is 1. The number of ether oxygens (including phenoxy) is 2. The van der Waals surface area contributed by atoms with Gasteiger partial charge in [0.25, 0.3) is 0 Å². The number of benzene rings is 2. The highest BCUT2D eigenvalue weighted by Gasteiger charge is 2.11. The molecule has 2 aromatic carbocycles. The number of nitrogens with one attached hydrogen (secondary N) is 1. The summed E-state index contributed by atoms with van der Waals surface area (Å²) in [6.07, 6.45) is 1.47. The van der Waals surface area contributed by atoms with Crippen LogP contribution in [0.4, 0.5) is 5.13 Å². The van der Waals surface area contributed by atoms with Crippen LogP contribution in [0.1, 0.15) is 29.2 Å². The van der Waals surface area contributed by atoms with Crippen LogP contribution in [0.5, 0.6) is 11.5 Å². The van der Waals surface area contributed by atoms with Crippen LogP contribution in [0.25, 0.3) is 0 Å². The van der Waals surface area contributed by atoms with Gasteiger partial charge in [-0.2, -0.15) is 5.10 Å². The average Bonchev–Trinajstić information content (AvgIpc) is 3.14. The number of hydrazone groups is 1. The predicted octanol–water partition coefficient (Wildman–Crippen LogP) is 2.96. The molecule has 0 bridgehead atoms. The molecule has 8 nitrogen and oxygen atoms in total. The largest absolute Gasteiger partial charge is 0.493 e. The van der Waals surface area contributed by atoms with Crippen molar-refractivity contribution in [2.24, 2.45) is 5.10 Å². The van der Waals surface area contributed by atoms with E-state index in [9.17, 15) is 4.79 Å². The summed E-state index contributed by atoms with van der Waals surface area (Å²) in [7, 11) is 1.58. The number of hydrogen-bond donors (Lipinski definition) is 2. The first kappa shape index (κ1) is 20.3. The Morgan fingerprint density at radius 2 is 2.03 bits per heavy atom. The Labute approximate surface area is 172 Å². The van der Waals surface area contributed by atoms with Crippen molar-refractivity contribution in [2.75, 3.05) is 12.8 Å². The van der Waals surface area contributed by atoms with Gasteiger partial charge in [-0.1, -0.05) is 41.7 Å². The topological polar surface area (TPSA) is 112 Å². The van der Waals surface area contributed by atoms with Crippen molar-refractivity contribution in [3.63, 3.8) is 0 Å². The van der Waals surface area contributed by atoms with E-state index in [4.69, 9.17) is 15.2 Å². The van der Waals surface area contributed by atoms with Crippen LogP contribution >= 0.6 is 11.3 Å². The maximum absolute atomic E-state index is 11.9. The molecule has 0 radical (unpaired) electrons. The zero-order valence-corrected chi connectivity index (χ0v) is 16.8. The third-order valence-corrected chi connectivity index (χ3v) is 4.71. The lowest BCUT2D eigenvalue weighted by atomic mass is 10.1. The Bertz CT molecular complexity index is 991. The Kier molecular flexibility index (Phi) is 6.75. The van der Waals surface area contributed by atoms with Crippen LogP contribution in [0.3, 0.4) is 0 Å². The number of hydrogen-bond acceptors (Lipinski definition) is 8. The third-order valence-electron chi connectivity index (χ3n) is 3.96. The SMILES string of the molecule is COc1cc(/C=N\NC(=O)Cc2nnc(N)s2)ccc1O[C@@H](C)c1ccccc1. The lowest BCUT2D eigenvalue weighted by molar-refractivity contribution is -0.120. The highest BCUT2D eigenvalue weighted by Crippen LogP contribution is 2.31. The van der Waals surface area contributed by atoms with E-state index in [-0.39, 0.29) is 18.4 Å². The quantitative estimate of drug-likeness (QED) is 0.435. The van der Waals surface area contributed by atoms with Crippen LogP contribution in [-0.2, 0) is 11.2 Å². The van der Waals surface area contributed by atoms with E-state index in [1.807, 2.05) is 49.4 Å². The van der Waals surface area contributed by atoms with Crippen LogP contribution < -0.4 is 20.6 Å². The fourth-order valence-electron chi connectivity index (χ4n) is 2.54. The number of carbonyl (C=O) groups is 1. The van der Waals surface area contributed by atoms with Gasteiger partial charge in [0.1, 0.15) is 11.1 Å². The van der Waals surface area contributed by atoms with E-state index in [0.29, 0.717) is 21.6 Å². The molecular weight excluding hydrogens is 390 g/mol. The number of nitrogens with two attached hydrogens (primary N) is 1. The van der Waals surface area contributed by atoms with Crippen LogP contribution in [0.2, 0.25) is 0 Å². The first-order valence-electron chi connectivity index (χ1n) is 8.84. The van der Waals surface area contributed by atoms with Crippen molar-refractivity contribution in [3.8, 4) is 11.5 Å². The fraction of sp³-hybridized carbons (Fsp3) is 0.200. The molecule has 0 fully saturated rings. The predicted molar refractivity (Wildman–Crippen MR) is 112 cm³/mol. The molecule has 0 aliphatic carbocycles. The highest BCUT2D eigenvalue weighted by molar-refractivity contribution is 7.15. The normalized spacial score (nSPS) is 11.9. The molecule has 0 aliphatic heterocycles. The molecule has 9 heteroatoms. The summed E-state index contributed by atoms with van der Waals surface area (Å²) in [4.78, 5) is 11.9. The van der Waals surface area contributed by atoms with Gasteiger partial charge in [0.15, 0.2) is 11.5 Å². The summed E-state index contributed by atoms with van der Waals surface area (Å²) in [5.41, 5.74) is 9.77. The molecule has 150 valence electrons. The monoisotopic (exact) mass is 411 g/mol. The van der Waals surface area contributed by atoms with Gasteiger partial charge < -0.3 is 15.2 Å². The van der Waals surface area contributed by atoms with E-state index in [1.165, 1.54) is 17.6 Å². The van der Waals surface area contributed by atoms with E-state index >= 15 is 0 Å². The molecule has 1 amide bonds. The van der Waals surface area contributed by atoms with Gasteiger partial charge in [-0.25, -0.2) is 5.43 Å². The summed E-state index contributed by atoms with van der Waals surface area (Å²) in [5.74, 6) is 0.896. The van der Waals surface area contributed by atoms with Gasteiger partial charge in [0.2, 0.25) is 11.0 Å². The molecule has 3 rings (SSSR count). The lowest BCUT2D eigenvalue weighted by Crippen LogP contribution is -2.19. The van der Waals surface area contributed by atoms with Crippen molar-refractivity contribution >= 4 is 28.6 Å². The molecule has 1 atom stereocenters. The maximum Gasteiger partial charge on any atom is 0.247 e. The van der Waals surface area contributed by atoms with E-state index in [0.717, 1.165) is 11.1 Å². The number of anilines is 1. The number of methoxy groups -OCH3 is 1. The molecule has 1 aromatic heterocycles. The molecular formula is C20H21N5O3S. The number of nitrogens with zero attached hydrogens (tertiary/aromatic N) is 3. The molecule has 0 saturated carbocycles. The lowest BCUT2D eigenvalue weighted by Gasteiger charge is -2.17. The average molecular weight is 411 g/mol. The molecule has 1 heterocycles. The smallest absolute Gasteiger partial charge is 0.247 e. The van der Waals surface area contributed by atoms with Crippen molar-refractivity contribution in [2.45, 2.75) is 19.4 Å². The minimum atomic E-state index is -0.305. The Balaban J connectivity index is 1.60. The molecule has 29 heavy (non-hydrogen) atoms. The number of carbonyl (C=O) groups excluding carboxylic acids is 1. The summed E-state index contributed by atoms with van der Waals surface area (Å²) in [6, 6.07) is 15.4. The minimum absolute atomic E-state index is 0.0691. The van der Waals surface area contributed by atoms with Gasteiger partial charge in [0, 0.05) is 0 Å². The minimum Gasteiger partial charge on any atom is -0.493 e. The molecule has 0 aliphatic rings. The highest BCUT2D eigenvalue weighted by atomic mass is 32.1. The second-order valence-corrected chi connectivity index (χ2v) is 7.18. The van der Waals surface area contributed by atoms with Crippen LogP contribution in [0, 0.1) is 0 Å². The zero-order valence-electron chi connectivity index (χ0n) is 16.0. The second-order valence-electron chi connectivity index (χ2n) is 6.09. The maximum atomic E-state index is 11.9. The standard InChI is InChI=1S/C20H21N5O3S/c1-13(15-6-4-3-5-7-15)28-16-9-8-14(10-17(16)27-2)12-22-23-18(26)11-19-24-25-20(21)29-19/h3-10,12-13H,11H2,1-2H3,(H2,21,25)(H,23,26)/b22-12-/t13-/m0/s1. The summed E-state index contributed by atoms with van der Waals surface area (Å²) < 4.78 is 11.5. The summed E-state index contributed by atoms with van der Waals surface area (Å²) >= 11 is 1.17. The third kappa shape index (κ3) is 5.76. The molecule has 3 aromatic rings. The van der Waals surface area contributed by atoms with Crippen LogP contribution in [-0.4, -0.2) is 29.4 Å². The van der Waals surface area contributed by atoms with Crippen molar-refractivity contribution < 1.29 is 14.3 Å². The van der Waals surface area contributed by atoms with Gasteiger partial charge in [0.05, 0.1) is 19.7 Å². The first-order chi connectivity index (χ1) is 14.0.